The number of hydrogen-bond donors (Lipinski definition) is 0. The quantitative estimate of drug-likeness (QED) is 0.598. The molecule has 0 heterocycles. The number of carbonyl (C=O) groups excluding carboxylic acids is 1. The molecule has 0 saturated carbocycles. The summed E-state index contributed by atoms with van der Waals surface area (Å²) in [5.41, 5.74) is 1.00. The van der Waals surface area contributed by atoms with Gasteiger partial charge in [-0.05, 0) is 0 Å². The Kier molecular flexibility index (Phi) is 5.60. The Balaban J connectivity index is 2.01. The summed E-state index contributed by atoms with van der Waals surface area (Å²) in [6.45, 7) is 3.73. The molecule has 0 aliphatic heterocycles. The van der Waals surface area contributed by atoms with E-state index in [9.17, 15) is 4.79 Å². The van der Waals surface area contributed by atoms with Gasteiger partial charge in [0.05, 0.1) is 0 Å². The average molecular weight is 331 g/mol. The molecule has 0 aliphatic rings. The molecule has 20 heavy (non-hydrogen) atoms. The predicted octanol–water partition coefficient (Wildman–Crippen LogP) is 3.47. The van der Waals surface area contributed by atoms with Gasteiger partial charge in [-0.3, -0.25) is 0 Å². The zero-order valence-electron chi connectivity index (χ0n) is 11.1. The summed E-state index contributed by atoms with van der Waals surface area (Å²) in [4.78, 5) is 11.9. The molecule has 2 aromatic carbocycles. The molecular formula is C17H16O2Se. The van der Waals surface area contributed by atoms with Crippen molar-refractivity contribution in [1.82, 2.24) is 0 Å². The van der Waals surface area contributed by atoms with E-state index in [1.807, 2.05) is 60.7 Å². The van der Waals surface area contributed by atoms with Crippen molar-refractivity contribution >= 4 is 24.3 Å². The van der Waals surface area contributed by atoms with Gasteiger partial charge in [0.25, 0.3) is 0 Å². The number of carbonyl (C=O) groups is 1. The summed E-state index contributed by atoms with van der Waals surface area (Å²) in [5.74, 6) is 0. The van der Waals surface area contributed by atoms with Gasteiger partial charge in [0, 0.05) is 0 Å². The Bertz CT molecular complexity index is 552. The molecule has 0 aromatic heterocycles. The molecule has 3 heteroatoms. The van der Waals surface area contributed by atoms with E-state index in [1.165, 1.54) is 0 Å². The summed E-state index contributed by atoms with van der Waals surface area (Å²) in [6.07, 6.45) is 2.16. The molecule has 1 unspecified atom stereocenters. The van der Waals surface area contributed by atoms with Gasteiger partial charge >= 0.3 is 125 Å². The first kappa shape index (κ1) is 14.6. The third-order valence-electron chi connectivity index (χ3n) is 2.73. The van der Waals surface area contributed by atoms with E-state index in [4.69, 9.17) is 4.74 Å². The van der Waals surface area contributed by atoms with E-state index in [2.05, 4.69) is 6.58 Å². The Morgan fingerprint density at radius 1 is 1.10 bits per heavy atom. The van der Waals surface area contributed by atoms with Crippen LogP contribution in [0.4, 0.5) is 4.79 Å². The van der Waals surface area contributed by atoms with Gasteiger partial charge in [0.1, 0.15) is 0 Å². The van der Waals surface area contributed by atoms with Crippen molar-refractivity contribution in [1.29, 1.82) is 0 Å². The van der Waals surface area contributed by atoms with Crippen LogP contribution in [0.3, 0.4) is 0 Å². The average Bonchev–Trinajstić information content (AvgIpc) is 2.49. The molecule has 1 atom stereocenters. The number of hydrogen-bond acceptors (Lipinski definition) is 2. The van der Waals surface area contributed by atoms with Gasteiger partial charge in [-0.25, -0.2) is 0 Å². The summed E-state index contributed by atoms with van der Waals surface area (Å²) in [7, 11) is 0. The van der Waals surface area contributed by atoms with Crippen LogP contribution in [0.1, 0.15) is 18.1 Å². The van der Waals surface area contributed by atoms with Gasteiger partial charge in [-0.15, -0.1) is 0 Å². The summed E-state index contributed by atoms with van der Waals surface area (Å²) in [6, 6.07) is 19.5. The normalized spacial score (nSPS) is 11.6. The maximum atomic E-state index is 12.0. The van der Waals surface area contributed by atoms with Crippen LogP contribution in [-0.2, 0) is 4.74 Å². The minimum absolute atomic E-state index is 0.153. The molecule has 2 nitrogen and oxygen atoms in total. The van der Waals surface area contributed by atoms with Crippen molar-refractivity contribution in [3.8, 4) is 0 Å². The first-order valence-corrected chi connectivity index (χ1v) is 8.10. The van der Waals surface area contributed by atoms with Gasteiger partial charge < -0.3 is 0 Å². The Morgan fingerprint density at radius 2 is 1.70 bits per heavy atom. The second-order valence-electron chi connectivity index (χ2n) is 4.21. The second-order valence-corrected chi connectivity index (χ2v) is 6.32. The summed E-state index contributed by atoms with van der Waals surface area (Å²) < 4.78 is 6.62. The van der Waals surface area contributed by atoms with Crippen molar-refractivity contribution in [3.63, 3.8) is 0 Å². The van der Waals surface area contributed by atoms with Gasteiger partial charge in [0.2, 0.25) is 0 Å². The topological polar surface area (TPSA) is 26.3 Å². The van der Waals surface area contributed by atoms with Crippen LogP contribution in [0.2, 0.25) is 0 Å². The Hall–Kier alpha value is -1.83. The van der Waals surface area contributed by atoms with Crippen molar-refractivity contribution in [2.75, 3.05) is 0 Å². The van der Waals surface area contributed by atoms with Crippen LogP contribution in [0.15, 0.2) is 73.3 Å². The van der Waals surface area contributed by atoms with Crippen molar-refractivity contribution in [3.05, 3.63) is 78.9 Å². The van der Waals surface area contributed by atoms with Crippen molar-refractivity contribution < 1.29 is 9.53 Å². The van der Waals surface area contributed by atoms with E-state index in [0.717, 1.165) is 10.0 Å². The maximum absolute atomic E-state index is 12.0. The van der Waals surface area contributed by atoms with Crippen molar-refractivity contribution in [2.45, 2.75) is 12.5 Å². The Morgan fingerprint density at radius 3 is 2.30 bits per heavy atom. The third-order valence-corrected chi connectivity index (χ3v) is 4.35. The predicted molar refractivity (Wildman–Crippen MR) is 82.3 cm³/mol. The fraction of sp³-hybridized carbons (Fsp3) is 0.118. The van der Waals surface area contributed by atoms with Crippen LogP contribution in [0, 0.1) is 0 Å². The summed E-state index contributed by atoms with van der Waals surface area (Å²) >= 11 is -0.310. The first-order chi connectivity index (χ1) is 9.79. The number of rotatable bonds is 6. The van der Waals surface area contributed by atoms with Crippen LogP contribution in [0.5, 0.6) is 0 Å². The van der Waals surface area contributed by atoms with E-state index in [0.29, 0.717) is 6.42 Å². The van der Waals surface area contributed by atoms with Crippen LogP contribution >= 0.6 is 0 Å². The number of benzene rings is 2. The fourth-order valence-corrected chi connectivity index (χ4v) is 3.16. The molecule has 2 rings (SSSR count). The van der Waals surface area contributed by atoms with Gasteiger partial charge in [-0.1, -0.05) is 0 Å². The van der Waals surface area contributed by atoms with Crippen molar-refractivity contribution in [2.24, 2.45) is 0 Å². The van der Waals surface area contributed by atoms with E-state index < -0.39 is 0 Å². The van der Waals surface area contributed by atoms with Crippen LogP contribution < -0.4 is 4.46 Å². The molecule has 2 aromatic rings. The molecule has 0 aliphatic carbocycles. The standard InChI is InChI=1S/C17H16O2Se/c1-2-9-16(14-10-5-3-6-11-14)19-17(18)20-15-12-7-4-8-13-15/h2-8,10-13,16H,1,9H2. The van der Waals surface area contributed by atoms with Crippen LogP contribution in [-0.4, -0.2) is 19.8 Å². The molecular weight excluding hydrogens is 315 g/mol. The minimum atomic E-state index is -0.310. The van der Waals surface area contributed by atoms with Crippen LogP contribution in [0.25, 0.3) is 0 Å². The van der Waals surface area contributed by atoms with E-state index in [-0.39, 0.29) is 25.9 Å². The van der Waals surface area contributed by atoms with Gasteiger partial charge in [-0.2, -0.15) is 0 Å². The fourth-order valence-electron chi connectivity index (χ4n) is 1.80. The molecule has 0 N–H and O–H groups in total. The SMILES string of the molecule is C=CCC(OC(=O)[Se]c1ccccc1)c1ccccc1. The second kappa shape index (κ2) is 7.68. The molecule has 102 valence electrons. The van der Waals surface area contributed by atoms with E-state index >= 15 is 0 Å². The molecule has 0 bridgehead atoms. The molecule has 0 saturated heterocycles. The molecule has 0 spiro atoms. The third kappa shape index (κ3) is 4.37. The Labute approximate surface area is 125 Å². The zero-order chi connectivity index (χ0) is 14.2. The van der Waals surface area contributed by atoms with E-state index in [1.54, 1.807) is 6.08 Å². The summed E-state index contributed by atoms with van der Waals surface area (Å²) in [5, 5.41) is 0. The zero-order valence-corrected chi connectivity index (χ0v) is 12.8. The number of ether oxygens (including phenoxy) is 1. The monoisotopic (exact) mass is 332 g/mol. The van der Waals surface area contributed by atoms with Gasteiger partial charge in [0.15, 0.2) is 0 Å². The molecule has 0 fully saturated rings. The molecule has 0 amide bonds. The first-order valence-electron chi connectivity index (χ1n) is 6.39. The molecule has 0 radical (unpaired) electrons.